The summed E-state index contributed by atoms with van der Waals surface area (Å²) < 4.78 is 26.2. The lowest BCUT2D eigenvalue weighted by Crippen LogP contribution is -2.48. The van der Waals surface area contributed by atoms with E-state index in [1.807, 2.05) is 6.92 Å². The van der Waals surface area contributed by atoms with Crippen LogP contribution in [0.25, 0.3) is 0 Å². The Bertz CT molecular complexity index is 811. The summed E-state index contributed by atoms with van der Waals surface area (Å²) in [7, 11) is -2.29. The van der Waals surface area contributed by atoms with Crippen LogP contribution in [-0.2, 0) is 28.2 Å². The minimum absolute atomic E-state index is 0.0105. The highest BCUT2D eigenvalue weighted by Gasteiger charge is 2.42. The molecule has 0 heterocycles. The first-order valence-electron chi connectivity index (χ1n) is 12.8. The largest absolute Gasteiger partial charge is 0.508 e. The molecule has 0 aromatic heterocycles. The molecule has 0 aliphatic carbocycles. The number of aliphatic hydroxyl groups is 1. The van der Waals surface area contributed by atoms with Crippen molar-refractivity contribution in [2.24, 2.45) is 11.8 Å². The third-order valence-corrected chi connectivity index (χ3v) is 11.2. The minimum atomic E-state index is -2.29. The average Bonchev–Trinajstić information content (AvgIpc) is 2.80. The van der Waals surface area contributed by atoms with E-state index in [1.54, 1.807) is 46.8 Å². The summed E-state index contributed by atoms with van der Waals surface area (Å²) in [6.07, 6.45) is 0.0905. The van der Waals surface area contributed by atoms with Crippen LogP contribution in [0.2, 0.25) is 18.1 Å². The van der Waals surface area contributed by atoms with Gasteiger partial charge in [0.1, 0.15) is 19.0 Å². The van der Waals surface area contributed by atoms with Crippen molar-refractivity contribution in [3.05, 3.63) is 23.3 Å². The molecule has 0 aliphatic heterocycles. The quantitative estimate of drug-likeness (QED) is 0.164. The Morgan fingerprint density at radius 1 is 0.811 bits per heavy atom. The van der Waals surface area contributed by atoms with Crippen molar-refractivity contribution in [1.82, 2.24) is 0 Å². The molecule has 0 aliphatic rings. The SMILES string of the molecule is CCOC(=O)OC/C=C(\C)[C@@H](O[Si](C)(C)C(C)(C)C)[C@@H](C)C(=O)[C@@H](C)[C@@H](O)/C(C)=C/COC(=O)OCC. The highest BCUT2D eigenvalue weighted by molar-refractivity contribution is 6.74. The monoisotopic (exact) mass is 544 g/mol. The third-order valence-electron chi connectivity index (χ3n) is 6.71. The van der Waals surface area contributed by atoms with Crippen LogP contribution >= 0.6 is 0 Å². The Morgan fingerprint density at radius 2 is 1.24 bits per heavy atom. The summed E-state index contributed by atoms with van der Waals surface area (Å²) >= 11 is 0. The van der Waals surface area contributed by atoms with Gasteiger partial charge in [-0.2, -0.15) is 0 Å². The topological polar surface area (TPSA) is 118 Å². The van der Waals surface area contributed by atoms with Crippen LogP contribution in [0.1, 0.15) is 62.3 Å². The number of aliphatic hydroxyl groups excluding tert-OH is 1. The second kappa shape index (κ2) is 15.9. The van der Waals surface area contributed by atoms with Gasteiger partial charge in [-0.3, -0.25) is 4.79 Å². The molecular formula is C27H48O9Si. The standard InChI is InChI=1S/C27H48O9Si/c1-12-32-25(30)34-16-14-18(3)22(28)20(5)23(29)21(6)24(36-37(10,11)27(7,8)9)19(4)15-17-35-26(31)33-13-2/h14-15,20-22,24,28H,12-13,16-17H2,1-11H3/b18-14+,19-15+/t20-,21-,22-,24+/m0/s1. The average molecular weight is 545 g/mol. The zero-order valence-corrected chi connectivity index (χ0v) is 25.5. The summed E-state index contributed by atoms with van der Waals surface area (Å²) in [6, 6.07) is 0. The molecule has 0 saturated carbocycles. The predicted octanol–water partition coefficient (Wildman–Crippen LogP) is 5.82. The third kappa shape index (κ3) is 11.8. The lowest BCUT2D eigenvalue weighted by Gasteiger charge is -2.41. The summed E-state index contributed by atoms with van der Waals surface area (Å²) in [6.45, 7) is 21.2. The van der Waals surface area contributed by atoms with E-state index in [1.165, 1.54) is 0 Å². The number of rotatable bonds is 14. The summed E-state index contributed by atoms with van der Waals surface area (Å²) in [4.78, 5) is 36.4. The van der Waals surface area contributed by atoms with Gasteiger partial charge in [0.2, 0.25) is 0 Å². The van der Waals surface area contributed by atoms with Gasteiger partial charge >= 0.3 is 12.3 Å². The van der Waals surface area contributed by atoms with E-state index in [9.17, 15) is 19.5 Å². The highest BCUT2D eigenvalue weighted by atomic mass is 28.4. The number of ketones is 1. The van der Waals surface area contributed by atoms with E-state index in [0.29, 0.717) is 5.57 Å². The molecule has 37 heavy (non-hydrogen) atoms. The van der Waals surface area contributed by atoms with Gasteiger partial charge in [0.15, 0.2) is 8.32 Å². The van der Waals surface area contributed by atoms with Crippen LogP contribution < -0.4 is 0 Å². The molecule has 0 aromatic carbocycles. The van der Waals surface area contributed by atoms with Gasteiger partial charge in [0.05, 0.1) is 25.4 Å². The molecule has 10 heteroatoms. The number of carbonyl (C=O) groups is 3. The first kappa shape index (κ1) is 34.8. The Hall–Kier alpha value is -2.17. The van der Waals surface area contributed by atoms with Crippen molar-refractivity contribution in [2.45, 2.75) is 92.7 Å². The predicted molar refractivity (Wildman–Crippen MR) is 145 cm³/mol. The fourth-order valence-corrected chi connectivity index (χ4v) is 4.61. The Labute approximate surface area is 223 Å². The van der Waals surface area contributed by atoms with Gasteiger partial charge < -0.3 is 28.5 Å². The van der Waals surface area contributed by atoms with Crippen molar-refractivity contribution < 1.29 is 42.9 Å². The molecule has 0 fully saturated rings. The lowest BCUT2D eigenvalue weighted by atomic mass is 9.84. The molecule has 0 rings (SSSR count). The number of hydrogen-bond donors (Lipinski definition) is 1. The fraction of sp³-hybridized carbons (Fsp3) is 0.741. The van der Waals surface area contributed by atoms with Crippen molar-refractivity contribution in [3.63, 3.8) is 0 Å². The van der Waals surface area contributed by atoms with Gasteiger partial charge in [-0.1, -0.05) is 34.6 Å². The Balaban J connectivity index is 5.73. The number of ether oxygens (including phenoxy) is 4. The molecule has 4 atom stereocenters. The summed E-state index contributed by atoms with van der Waals surface area (Å²) in [5.74, 6) is -1.49. The van der Waals surface area contributed by atoms with Gasteiger partial charge in [-0.15, -0.1) is 0 Å². The van der Waals surface area contributed by atoms with E-state index in [4.69, 9.17) is 23.4 Å². The minimum Gasteiger partial charge on any atom is -0.435 e. The highest BCUT2D eigenvalue weighted by Crippen LogP contribution is 2.39. The van der Waals surface area contributed by atoms with Crippen LogP contribution in [-0.4, -0.2) is 70.2 Å². The molecule has 9 nitrogen and oxygen atoms in total. The van der Waals surface area contributed by atoms with Crippen LogP contribution in [0, 0.1) is 11.8 Å². The molecule has 0 spiro atoms. The van der Waals surface area contributed by atoms with E-state index in [-0.39, 0.29) is 37.2 Å². The van der Waals surface area contributed by atoms with Gasteiger partial charge in [0.25, 0.3) is 0 Å². The molecule has 0 unspecified atom stereocenters. The maximum Gasteiger partial charge on any atom is 0.508 e. The smallest absolute Gasteiger partial charge is 0.435 e. The molecule has 0 saturated heterocycles. The lowest BCUT2D eigenvalue weighted by molar-refractivity contribution is -0.130. The first-order chi connectivity index (χ1) is 17.0. The molecule has 0 aromatic rings. The molecule has 0 amide bonds. The van der Waals surface area contributed by atoms with Crippen molar-refractivity contribution in [2.75, 3.05) is 26.4 Å². The van der Waals surface area contributed by atoms with E-state index in [2.05, 4.69) is 33.9 Å². The van der Waals surface area contributed by atoms with E-state index in [0.717, 1.165) is 5.57 Å². The first-order valence-corrected chi connectivity index (χ1v) is 15.7. The van der Waals surface area contributed by atoms with Crippen molar-refractivity contribution in [3.8, 4) is 0 Å². The number of carbonyl (C=O) groups excluding carboxylic acids is 3. The van der Waals surface area contributed by atoms with Gasteiger partial charge in [0, 0.05) is 11.8 Å². The van der Waals surface area contributed by atoms with Crippen molar-refractivity contribution in [1.29, 1.82) is 0 Å². The Morgan fingerprint density at radius 3 is 1.65 bits per heavy atom. The second-order valence-electron chi connectivity index (χ2n) is 10.6. The molecule has 214 valence electrons. The zero-order chi connectivity index (χ0) is 29.0. The molecule has 0 radical (unpaired) electrons. The van der Waals surface area contributed by atoms with Crippen LogP contribution in [0.15, 0.2) is 23.3 Å². The van der Waals surface area contributed by atoms with E-state index >= 15 is 0 Å². The number of hydrogen-bond acceptors (Lipinski definition) is 9. The van der Waals surface area contributed by atoms with Gasteiger partial charge in [-0.05, 0) is 69.1 Å². The molecule has 0 bridgehead atoms. The van der Waals surface area contributed by atoms with Crippen molar-refractivity contribution >= 4 is 26.4 Å². The number of Topliss-reactive ketones (excluding diaryl/α,β-unsaturated/α-hetero) is 1. The van der Waals surface area contributed by atoms with Crippen LogP contribution in [0.5, 0.6) is 0 Å². The van der Waals surface area contributed by atoms with Gasteiger partial charge in [-0.25, -0.2) is 9.59 Å². The van der Waals surface area contributed by atoms with Crippen LogP contribution in [0.4, 0.5) is 9.59 Å². The zero-order valence-electron chi connectivity index (χ0n) is 24.5. The summed E-state index contributed by atoms with van der Waals surface area (Å²) in [5, 5.41) is 10.7. The Kier molecular flexibility index (Phi) is 15.0. The molecular weight excluding hydrogens is 496 g/mol. The maximum absolute atomic E-state index is 13.5. The summed E-state index contributed by atoms with van der Waals surface area (Å²) in [5.41, 5.74) is 1.26. The van der Waals surface area contributed by atoms with Crippen LogP contribution in [0.3, 0.4) is 0 Å². The maximum atomic E-state index is 13.5. The van der Waals surface area contributed by atoms with E-state index < -0.39 is 44.7 Å². The normalized spacial score (nSPS) is 16.3. The second-order valence-corrected chi connectivity index (χ2v) is 15.4. The molecule has 1 N–H and O–H groups in total. The fourth-order valence-electron chi connectivity index (χ4n) is 3.24.